The normalized spacial score (nSPS) is 10.5. The fourth-order valence-electron chi connectivity index (χ4n) is 1.66. The van der Waals surface area contributed by atoms with Crippen LogP contribution in [-0.4, -0.2) is 5.78 Å². The molecule has 2 aromatic carbocycles. The number of halogens is 4. The molecule has 0 bridgehead atoms. The smallest absolute Gasteiger partial charge is 0.168 e. The van der Waals surface area contributed by atoms with Crippen molar-refractivity contribution < 1.29 is 9.18 Å². The minimum absolute atomic E-state index is 0.00114. The first-order valence-electron chi connectivity index (χ1n) is 5.40. The van der Waals surface area contributed by atoms with Crippen LogP contribution in [0.5, 0.6) is 0 Å². The van der Waals surface area contributed by atoms with Crippen LogP contribution in [0.1, 0.15) is 15.9 Å². The molecule has 2 rings (SSSR count). The molecule has 19 heavy (non-hydrogen) atoms. The molecule has 0 saturated carbocycles. The van der Waals surface area contributed by atoms with Crippen LogP contribution in [-0.2, 0) is 6.42 Å². The summed E-state index contributed by atoms with van der Waals surface area (Å²) in [5.41, 5.74) is 0.891. The lowest BCUT2D eigenvalue weighted by Crippen LogP contribution is -2.07. The fraction of sp³-hybridized carbons (Fsp3) is 0.0714. The van der Waals surface area contributed by atoms with Crippen LogP contribution in [0.25, 0.3) is 0 Å². The summed E-state index contributed by atoms with van der Waals surface area (Å²) in [6.45, 7) is 0. The van der Waals surface area contributed by atoms with Crippen LogP contribution < -0.4 is 0 Å². The number of hydrogen-bond donors (Lipinski definition) is 0. The van der Waals surface area contributed by atoms with Crippen LogP contribution in [0.3, 0.4) is 0 Å². The third-order valence-electron chi connectivity index (χ3n) is 2.61. The maximum Gasteiger partial charge on any atom is 0.168 e. The van der Waals surface area contributed by atoms with Gasteiger partial charge in [0.2, 0.25) is 0 Å². The van der Waals surface area contributed by atoms with Gasteiger partial charge in [-0.3, -0.25) is 4.79 Å². The van der Waals surface area contributed by atoms with E-state index in [0.717, 1.165) is 8.04 Å². The molecule has 0 saturated heterocycles. The standard InChI is InChI=1S/C14H8BrClFIO/c15-9-4-5-12(18)10(7-9)13(19)6-8-2-1-3-11(16)14(8)17/h1-5,7H,6H2. The van der Waals surface area contributed by atoms with E-state index in [1.165, 1.54) is 6.07 Å². The monoisotopic (exact) mass is 452 g/mol. The van der Waals surface area contributed by atoms with Gasteiger partial charge in [0.25, 0.3) is 0 Å². The van der Waals surface area contributed by atoms with E-state index in [-0.39, 0.29) is 17.2 Å². The van der Waals surface area contributed by atoms with Crippen molar-refractivity contribution in [2.45, 2.75) is 6.42 Å². The van der Waals surface area contributed by atoms with Crippen LogP contribution in [0.4, 0.5) is 4.39 Å². The summed E-state index contributed by atoms with van der Waals surface area (Å²) in [5.74, 6) is -0.658. The van der Waals surface area contributed by atoms with Gasteiger partial charge >= 0.3 is 0 Å². The quantitative estimate of drug-likeness (QED) is 0.457. The van der Waals surface area contributed by atoms with Crippen molar-refractivity contribution in [3.8, 4) is 0 Å². The van der Waals surface area contributed by atoms with Gasteiger partial charge in [0.05, 0.1) is 5.02 Å². The molecule has 98 valence electrons. The SMILES string of the molecule is O=C(Cc1cccc(Cl)c1F)c1cc(Br)ccc1I. The average molecular weight is 453 g/mol. The molecule has 0 fully saturated rings. The van der Waals surface area contributed by atoms with E-state index in [2.05, 4.69) is 38.5 Å². The molecular weight excluding hydrogens is 445 g/mol. The molecule has 0 aliphatic carbocycles. The van der Waals surface area contributed by atoms with Crippen LogP contribution in [0.15, 0.2) is 40.9 Å². The van der Waals surface area contributed by atoms with Crippen molar-refractivity contribution in [2.24, 2.45) is 0 Å². The van der Waals surface area contributed by atoms with Gasteiger partial charge in [-0.2, -0.15) is 0 Å². The van der Waals surface area contributed by atoms with Crippen LogP contribution in [0.2, 0.25) is 5.02 Å². The highest BCUT2D eigenvalue weighted by atomic mass is 127. The summed E-state index contributed by atoms with van der Waals surface area (Å²) in [6, 6.07) is 10.1. The van der Waals surface area contributed by atoms with E-state index in [4.69, 9.17) is 11.6 Å². The summed E-state index contributed by atoms with van der Waals surface area (Å²) < 4.78 is 15.4. The van der Waals surface area contributed by atoms with Gasteiger partial charge in [0.15, 0.2) is 5.78 Å². The zero-order valence-corrected chi connectivity index (χ0v) is 14.1. The number of Topliss-reactive ketones (excluding diaryl/α,β-unsaturated/α-hetero) is 1. The molecule has 0 unspecified atom stereocenters. The Bertz CT molecular complexity index is 645. The Morgan fingerprint density at radius 1 is 1.32 bits per heavy atom. The van der Waals surface area contributed by atoms with Crippen LogP contribution in [0, 0.1) is 9.39 Å². The first kappa shape index (κ1) is 14.9. The average Bonchev–Trinajstić information content (AvgIpc) is 2.38. The molecule has 0 atom stereocenters. The first-order chi connectivity index (χ1) is 8.99. The van der Waals surface area contributed by atoms with E-state index in [1.54, 1.807) is 18.2 Å². The second kappa shape index (κ2) is 6.33. The zero-order chi connectivity index (χ0) is 14.0. The topological polar surface area (TPSA) is 17.1 Å². The molecule has 0 aliphatic rings. The number of carbonyl (C=O) groups is 1. The third-order valence-corrected chi connectivity index (χ3v) is 4.34. The maximum atomic E-state index is 13.8. The zero-order valence-electron chi connectivity index (χ0n) is 9.59. The molecule has 0 amide bonds. The van der Waals surface area contributed by atoms with Gasteiger partial charge < -0.3 is 0 Å². The Morgan fingerprint density at radius 3 is 2.79 bits per heavy atom. The number of hydrogen-bond acceptors (Lipinski definition) is 1. The fourth-order valence-corrected chi connectivity index (χ4v) is 2.86. The number of carbonyl (C=O) groups excluding carboxylic acids is 1. The second-order valence-corrected chi connectivity index (χ2v) is 6.42. The van der Waals surface area contributed by atoms with E-state index >= 15 is 0 Å². The molecule has 0 radical (unpaired) electrons. The number of ketones is 1. The highest BCUT2D eigenvalue weighted by Gasteiger charge is 2.15. The van der Waals surface area contributed by atoms with Gasteiger partial charge in [-0.1, -0.05) is 39.7 Å². The van der Waals surface area contributed by atoms with E-state index in [0.29, 0.717) is 11.1 Å². The van der Waals surface area contributed by atoms with Gasteiger partial charge in [-0.25, -0.2) is 4.39 Å². The molecule has 0 spiro atoms. The summed E-state index contributed by atoms with van der Waals surface area (Å²) in [4.78, 5) is 12.2. The van der Waals surface area contributed by atoms with Crippen molar-refractivity contribution in [1.29, 1.82) is 0 Å². The first-order valence-corrected chi connectivity index (χ1v) is 7.65. The van der Waals surface area contributed by atoms with Crippen molar-refractivity contribution in [3.05, 3.63) is 66.4 Å². The summed E-state index contributed by atoms with van der Waals surface area (Å²) in [6.07, 6.45) is -0.00114. The predicted octanol–water partition coefficient (Wildman–Crippen LogP) is 5.27. The molecular formula is C14H8BrClFIO. The second-order valence-electron chi connectivity index (χ2n) is 3.94. The molecule has 1 nitrogen and oxygen atoms in total. The third kappa shape index (κ3) is 3.55. The minimum Gasteiger partial charge on any atom is -0.294 e. The molecule has 0 N–H and O–H groups in total. The summed E-state index contributed by atoms with van der Waals surface area (Å²) in [7, 11) is 0. The lowest BCUT2D eigenvalue weighted by atomic mass is 10.0. The van der Waals surface area contributed by atoms with E-state index in [9.17, 15) is 9.18 Å². The molecule has 0 aromatic heterocycles. The Hall–Kier alpha value is -0.460. The lowest BCUT2D eigenvalue weighted by Gasteiger charge is -2.06. The van der Waals surface area contributed by atoms with Gasteiger partial charge in [-0.05, 0) is 52.4 Å². The highest BCUT2D eigenvalue weighted by molar-refractivity contribution is 14.1. The van der Waals surface area contributed by atoms with Crippen molar-refractivity contribution in [2.75, 3.05) is 0 Å². The molecule has 0 heterocycles. The summed E-state index contributed by atoms with van der Waals surface area (Å²) in [5, 5.41) is 0.0363. The summed E-state index contributed by atoms with van der Waals surface area (Å²) >= 11 is 11.1. The lowest BCUT2D eigenvalue weighted by molar-refractivity contribution is 0.0991. The van der Waals surface area contributed by atoms with Crippen molar-refractivity contribution >= 4 is 55.9 Å². The molecule has 5 heteroatoms. The maximum absolute atomic E-state index is 13.8. The van der Waals surface area contributed by atoms with E-state index in [1.807, 2.05) is 12.1 Å². The number of rotatable bonds is 3. The molecule has 0 aliphatic heterocycles. The Kier molecular flexibility index (Phi) is 4.97. The van der Waals surface area contributed by atoms with Gasteiger partial charge in [-0.15, -0.1) is 0 Å². The minimum atomic E-state index is -0.525. The Balaban J connectivity index is 2.31. The van der Waals surface area contributed by atoms with Crippen molar-refractivity contribution in [3.63, 3.8) is 0 Å². The largest absolute Gasteiger partial charge is 0.294 e. The van der Waals surface area contributed by atoms with E-state index < -0.39 is 5.82 Å². The predicted molar refractivity (Wildman–Crippen MR) is 86.3 cm³/mol. The van der Waals surface area contributed by atoms with Crippen LogP contribution >= 0.6 is 50.1 Å². The van der Waals surface area contributed by atoms with Crippen molar-refractivity contribution in [1.82, 2.24) is 0 Å². The highest BCUT2D eigenvalue weighted by Crippen LogP contribution is 2.23. The van der Waals surface area contributed by atoms with Gasteiger partial charge in [0.1, 0.15) is 5.82 Å². The molecule has 2 aromatic rings. The Labute approximate surface area is 137 Å². The number of benzene rings is 2. The van der Waals surface area contributed by atoms with Gasteiger partial charge in [0, 0.05) is 20.0 Å². The Morgan fingerprint density at radius 2 is 2.05 bits per heavy atom.